The molecular weight excluding hydrogens is 320 g/mol. The predicted octanol–water partition coefficient (Wildman–Crippen LogP) is 3.60. The molecule has 1 spiro atoms. The van der Waals surface area contributed by atoms with E-state index in [-0.39, 0.29) is 0 Å². The Morgan fingerprint density at radius 1 is 1.25 bits per heavy atom. The van der Waals surface area contributed by atoms with Gasteiger partial charge in [0.15, 0.2) is 0 Å². The van der Waals surface area contributed by atoms with Crippen LogP contribution in [0.5, 0.6) is 0 Å². The Balaban J connectivity index is 1.48. The quantitative estimate of drug-likeness (QED) is 0.923. The number of hydrogen-bond donors (Lipinski definition) is 1. The summed E-state index contributed by atoms with van der Waals surface area (Å²) in [6.07, 6.45) is 3.34. The van der Waals surface area contributed by atoms with Crippen LogP contribution in [-0.4, -0.2) is 34.3 Å². The molecule has 1 aromatic heterocycles. The van der Waals surface area contributed by atoms with Crippen LogP contribution in [0.3, 0.4) is 0 Å². The maximum Gasteiger partial charge on any atom is 0.131 e. The first-order chi connectivity index (χ1) is 11.6. The van der Waals surface area contributed by atoms with Gasteiger partial charge in [0.05, 0.1) is 5.69 Å². The average molecular weight is 345 g/mol. The summed E-state index contributed by atoms with van der Waals surface area (Å²) >= 11 is 6.46. The average Bonchev–Trinajstić information content (AvgIpc) is 3.10. The van der Waals surface area contributed by atoms with E-state index in [1.165, 1.54) is 29.7 Å². The lowest BCUT2D eigenvalue weighted by Gasteiger charge is -2.39. The predicted molar refractivity (Wildman–Crippen MR) is 98.7 cm³/mol. The van der Waals surface area contributed by atoms with Crippen LogP contribution in [0.25, 0.3) is 0 Å². The minimum absolute atomic E-state index is 0.319. The standard InChI is InChI=1S/C19H25ClN4/c1-3-16-14(18(20)23(2)22-16)12-24-10-8-19(9-11-24)13-21-17-7-5-4-6-15(17)19/h4-7,21H,3,8-13H2,1-2H3. The summed E-state index contributed by atoms with van der Waals surface area (Å²) < 4.78 is 1.80. The number of aromatic nitrogens is 2. The van der Waals surface area contributed by atoms with Crippen LogP contribution in [0.15, 0.2) is 24.3 Å². The normalized spacial score (nSPS) is 19.5. The lowest BCUT2D eigenvalue weighted by molar-refractivity contribution is 0.162. The Kier molecular flexibility index (Phi) is 4.05. The van der Waals surface area contributed by atoms with Gasteiger partial charge < -0.3 is 5.32 Å². The Morgan fingerprint density at radius 2 is 2.00 bits per heavy atom. The zero-order chi connectivity index (χ0) is 16.7. The molecule has 0 atom stereocenters. The van der Waals surface area contributed by atoms with Crippen molar-refractivity contribution >= 4 is 17.3 Å². The van der Waals surface area contributed by atoms with E-state index < -0.39 is 0 Å². The number of halogens is 1. The largest absolute Gasteiger partial charge is 0.384 e. The summed E-state index contributed by atoms with van der Waals surface area (Å²) in [6, 6.07) is 8.80. The summed E-state index contributed by atoms with van der Waals surface area (Å²) in [5, 5.41) is 8.94. The molecule has 1 aromatic carbocycles. The molecule has 4 rings (SSSR count). The van der Waals surface area contributed by atoms with E-state index >= 15 is 0 Å². The highest BCUT2D eigenvalue weighted by Crippen LogP contribution is 2.44. The first-order valence-electron chi connectivity index (χ1n) is 8.89. The molecule has 1 saturated heterocycles. The molecule has 4 nitrogen and oxygen atoms in total. The van der Waals surface area contributed by atoms with E-state index in [0.29, 0.717) is 5.41 Å². The highest BCUT2D eigenvalue weighted by Gasteiger charge is 2.41. The van der Waals surface area contributed by atoms with Gasteiger partial charge in [0.1, 0.15) is 5.15 Å². The van der Waals surface area contributed by atoms with E-state index in [9.17, 15) is 0 Å². The van der Waals surface area contributed by atoms with Gasteiger partial charge >= 0.3 is 0 Å². The molecule has 2 aromatic rings. The van der Waals surface area contributed by atoms with Gasteiger partial charge in [-0.3, -0.25) is 9.58 Å². The summed E-state index contributed by atoms with van der Waals surface area (Å²) in [7, 11) is 1.93. The lowest BCUT2D eigenvalue weighted by atomic mass is 9.74. The molecule has 5 heteroatoms. The number of nitrogens with one attached hydrogen (secondary N) is 1. The number of piperidine rings is 1. The van der Waals surface area contributed by atoms with Crippen LogP contribution in [0.4, 0.5) is 5.69 Å². The summed E-state index contributed by atoms with van der Waals surface area (Å²) in [5.74, 6) is 0. The fourth-order valence-electron chi connectivity index (χ4n) is 4.31. The third-order valence-corrected chi connectivity index (χ3v) is 6.27. The van der Waals surface area contributed by atoms with Crippen molar-refractivity contribution in [3.63, 3.8) is 0 Å². The summed E-state index contributed by atoms with van der Waals surface area (Å²) in [5.41, 5.74) is 5.51. The van der Waals surface area contributed by atoms with Crippen molar-refractivity contribution in [3.05, 3.63) is 46.2 Å². The maximum atomic E-state index is 6.46. The molecular formula is C19H25ClN4. The number of likely N-dealkylation sites (tertiary alicyclic amines) is 1. The van der Waals surface area contributed by atoms with Crippen molar-refractivity contribution in [1.82, 2.24) is 14.7 Å². The van der Waals surface area contributed by atoms with Crippen molar-refractivity contribution in [1.29, 1.82) is 0 Å². The zero-order valence-corrected chi connectivity index (χ0v) is 15.2. The Labute approximate surface area is 148 Å². The highest BCUT2D eigenvalue weighted by molar-refractivity contribution is 6.30. The van der Waals surface area contributed by atoms with Gasteiger partial charge in [-0.2, -0.15) is 5.10 Å². The van der Waals surface area contributed by atoms with E-state index in [1.807, 2.05) is 7.05 Å². The molecule has 3 heterocycles. The fourth-order valence-corrected chi connectivity index (χ4v) is 4.52. The number of para-hydroxylation sites is 1. The molecule has 1 fully saturated rings. The van der Waals surface area contributed by atoms with Crippen LogP contribution < -0.4 is 5.32 Å². The second-order valence-electron chi connectivity index (χ2n) is 7.15. The monoisotopic (exact) mass is 344 g/mol. The molecule has 1 N–H and O–H groups in total. The van der Waals surface area contributed by atoms with Crippen molar-refractivity contribution < 1.29 is 0 Å². The second-order valence-corrected chi connectivity index (χ2v) is 7.51. The first kappa shape index (κ1) is 16.0. The molecule has 0 amide bonds. The van der Waals surface area contributed by atoms with Gasteiger partial charge in [-0.15, -0.1) is 0 Å². The van der Waals surface area contributed by atoms with Crippen molar-refractivity contribution in [2.75, 3.05) is 25.0 Å². The van der Waals surface area contributed by atoms with Crippen LogP contribution >= 0.6 is 11.6 Å². The molecule has 0 radical (unpaired) electrons. The summed E-state index contributed by atoms with van der Waals surface area (Å²) in [4.78, 5) is 2.54. The van der Waals surface area contributed by atoms with Crippen LogP contribution in [0.2, 0.25) is 5.15 Å². The molecule has 0 bridgehead atoms. The summed E-state index contributed by atoms with van der Waals surface area (Å²) in [6.45, 7) is 6.37. The fraction of sp³-hybridized carbons (Fsp3) is 0.526. The highest BCUT2D eigenvalue weighted by atomic mass is 35.5. The third-order valence-electron chi connectivity index (χ3n) is 5.80. The molecule has 2 aliphatic rings. The number of fused-ring (bicyclic) bond motifs is 2. The van der Waals surface area contributed by atoms with Crippen molar-refractivity contribution in [3.8, 4) is 0 Å². The van der Waals surface area contributed by atoms with E-state index in [0.717, 1.165) is 43.4 Å². The molecule has 24 heavy (non-hydrogen) atoms. The topological polar surface area (TPSA) is 33.1 Å². The smallest absolute Gasteiger partial charge is 0.131 e. The van der Waals surface area contributed by atoms with Crippen LogP contribution in [0, 0.1) is 0 Å². The number of benzene rings is 1. The Bertz CT molecular complexity index is 744. The number of nitrogens with zero attached hydrogens (tertiary/aromatic N) is 3. The van der Waals surface area contributed by atoms with E-state index in [4.69, 9.17) is 11.6 Å². The first-order valence-corrected chi connectivity index (χ1v) is 9.27. The minimum atomic E-state index is 0.319. The molecule has 0 aliphatic carbocycles. The Morgan fingerprint density at radius 3 is 2.75 bits per heavy atom. The number of aryl methyl sites for hydroxylation is 2. The van der Waals surface area contributed by atoms with Gasteiger partial charge in [0.2, 0.25) is 0 Å². The molecule has 0 saturated carbocycles. The van der Waals surface area contributed by atoms with Gasteiger partial charge in [-0.1, -0.05) is 36.7 Å². The number of rotatable bonds is 3. The van der Waals surface area contributed by atoms with E-state index in [1.54, 1.807) is 4.68 Å². The SMILES string of the molecule is CCc1nn(C)c(Cl)c1CN1CCC2(CC1)CNc1ccccc12. The molecule has 0 unspecified atom stereocenters. The molecule has 128 valence electrons. The van der Waals surface area contributed by atoms with Crippen molar-refractivity contribution in [2.24, 2.45) is 7.05 Å². The number of anilines is 1. The van der Waals surface area contributed by atoms with Crippen LogP contribution in [0.1, 0.15) is 36.6 Å². The Hall–Kier alpha value is -1.52. The van der Waals surface area contributed by atoms with Crippen LogP contribution in [-0.2, 0) is 25.4 Å². The van der Waals surface area contributed by atoms with Gasteiger partial charge in [0.25, 0.3) is 0 Å². The number of hydrogen-bond acceptors (Lipinski definition) is 3. The zero-order valence-electron chi connectivity index (χ0n) is 14.5. The second kappa shape index (κ2) is 6.08. The van der Waals surface area contributed by atoms with Crippen molar-refractivity contribution in [2.45, 2.75) is 38.1 Å². The van der Waals surface area contributed by atoms with Gasteiger partial charge in [-0.05, 0) is 44.0 Å². The third kappa shape index (κ3) is 2.52. The molecule has 2 aliphatic heterocycles. The van der Waals surface area contributed by atoms with Gasteiger partial charge in [0, 0.05) is 36.8 Å². The minimum Gasteiger partial charge on any atom is -0.384 e. The maximum absolute atomic E-state index is 6.46. The van der Waals surface area contributed by atoms with E-state index in [2.05, 4.69) is 46.5 Å². The van der Waals surface area contributed by atoms with Gasteiger partial charge in [-0.25, -0.2) is 0 Å². The lowest BCUT2D eigenvalue weighted by Crippen LogP contribution is -2.43.